The maximum Gasteiger partial charge on any atom is 0.263 e. The third-order valence-corrected chi connectivity index (χ3v) is 6.32. The molecule has 3 aromatic rings. The number of nitrogens with one attached hydrogen (secondary N) is 2. The largest absolute Gasteiger partial charge is 0.366 e. The topological polar surface area (TPSA) is 88.9 Å². The van der Waals surface area contributed by atoms with Gasteiger partial charge in [-0.15, -0.1) is 0 Å². The van der Waals surface area contributed by atoms with Crippen LogP contribution in [0.4, 0.5) is 11.5 Å². The number of pyridine rings is 1. The Morgan fingerprint density at radius 2 is 1.86 bits per heavy atom. The standard InChI is InChI=1S/C18H19Cl2N5O2S/c1-11-18(12(2)25(3)23-11)24-28(26,27)14-5-7-17(22-10-14)21-9-13-4-6-15(19)16(20)8-13/h4-8,10,24H,9H2,1-3H3,(H,21,22). The molecule has 10 heteroatoms. The molecular weight excluding hydrogens is 421 g/mol. The summed E-state index contributed by atoms with van der Waals surface area (Å²) in [4.78, 5) is 4.25. The molecule has 0 bridgehead atoms. The molecule has 0 saturated heterocycles. The van der Waals surface area contributed by atoms with Gasteiger partial charge < -0.3 is 5.32 Å². The third-order valence-electron chi connectivity index (χ3n) is 4.25. The van der Waals surface area contributed by atoms with Crippen molar-refractivity contribution >= 4 is 44.7 Å². The summed E-state index contributed by atoms with van der Waals surface area (Å²) >= 11 is 11.9. The van der Waals surface area contributed by atoms with Gasteiger partial charge in [-0.2, -0.15) is 5.10 Å². The molecule has 0 fully saturated rings. The van der Waals surface area contributed by atoms with Crippen LogP contribution in [0.2, 0.25) is 10.0 Å². The maximum absolute atomic E-state index is 12.6. The molecule has 0 saturated carbocycles. The second-order valence-electron chi connectivity index (χ2n) is 6.26. The Bertz CT molecular complexity index is 1110. The van der Waals surface area contributed by atoms with E-state index in [0.29, 0.717) is 33.8 Å². The fourth-order valence-corrected chi connectivity index (χ4v) is 4.04. The fraction of sp³-hybridized carbons (Fsp3) is 0.222. The van der Waals surface area contributed by atoms with Gasteiger partial charge >= 0.3 is 0 Å². The first kappa shape index (κ1) is 20.4. The number of nitrogens with zero attached hydrogens (tertiary/aromatic N) is 3. The Balaban J connectivity index is 1.71. The summed E-state index contributed by atoms with van der Waals surface area (Å²) in [7, 11) is -2.01. The molecule has 148 valence electrons. The molecule has 0 unspecified atom stereocenters. The van der Waals surface area contributed by atoms with Gasteiger partial charge in [0.1, 0.15) is 10.7 Å². The minimum absolute atomic E-state index is 0.0650. The summed E-state index contributed by atoms with van der Waals surface area (Å²) in [5.41, 5.74) is 2.74. The lowest BCUT2D eigenvalue weighted by Gasteiger charge is -2.10. The van der Waals surface area contributed by atoms with Crippen LogP contribution in [0.3, 0.4) is 0 Å². The number of aromatic nitrogens is 3. The fourth-order valence-electron chi connectivity index (χ4n) is 2.60. The lowest BCUT2D eigenvalue weighted by Crippen LogP contribution is -2.14. The molecule has 3 rings (SSSR count). The third kappa shape index (κ3) is 4.40. The van der Waals surface area contributed by atoms with E-state index in [4.69, 9.17) is 23.2 Å². The number of hydrogen-bond acceptors (Lipinski definition) is 5. The molecule has 1 aromatic carbocycles. The smallest absolute Gasteiger partial charge is 0.263 e. The first-order valence-electron chi connectivity index (χ1n) is 8.34. The number of benzene rings is 1. The highest BCUT2D eigenvalue weighted by Crippen LogP contribution is 2.24. The molecule has 2 aromatic heterocycles. The van der Waals surface area contributed by atoms with Crippen LogP contribution in [0.5, 0.6) is 0 Å². The van der Waals surface area contributed by atoms with Crippen molar-refractivity contribution in [3.63, 3.8) is 0 Å². The highest BCUT2D eigenvalue weighted by Gasteiger charge is 2.19. The zero-order chi connectivity index (χ0) is 20.5. The zero-order valence-corrected chi connectivity index (χ0v) is 17.8. The van der Waals surface area contributed by atoms with Crippen molar-refractivity contribution in [2.75, 3.05) is 10.0 Å². The molecule has 2 N–H and O–H groups in total. The molecular formula is C18H19Cl2N5O2S. The van der Waals surface area contributed by atoms with Crippen LogP contribution in [-0.2, 0) is 23.6 Å². The molecule has 0 atom stereocenters. The van der Waals surface area contributed by atoms with Crippen molar-refractivity contribution in [2.45, 2.75) is 25.3 Å². The van der Waals surface area contributed by atoms with Crippen LogP contribution in [0, 0.1) is 13.8 Å². The summed E-state index contributed by atoms with van der Waals surface area (Å²) in [5.74, 6) is 0.541. The lowest BCUT2D eigenvalue weighted by molar-refractivity contribution is 0.600. The second kappa shape index (κ2) is 7.98. The highest BCUT2D eigenvalue weighted by atomic mass is 35.5. The minimum atomic E-state index is -3.76. The van der Waals surface area contributed by atoms with Crippen molar-refractivity contribution in [1.82, 2.24) is 14.8 Å². The van der Waals surface area contributed by atoms with E-state index in [1.807, 2.05) is 6.07 Å². The molecule has 2 heterocycles. The predicted octanol–water partition coefficient (Wildman–Crippen LogP) is 4.15. The molecule has 0 spiro atoms. The number of aryl methyl sites for hydroxylation is 2. The number of sulfonamides is 1. The van der Waals surface area contributed by atoms with E-state index in [0.717, 1.165) is 11.3 Å². The number of anilines is 2. The maximum atomic E-state index is 12.6. The first-order valence-corrected chi connectivity index (χ1v) is 10.6. The van der Waals surface area contributed by atoms with Crippen LogP contribution in [0.1, 0.15) is 17.0 Å². The zero-order valence-electron chi connectivity index (χ0n) is 15.5. The van der Waals surface area contributed by atoms with E-state index in [2.05, 4.69) is 20.1 Å². The number of halogens is 2. The SMILES string of the molecule is Cc1nn(C)c(C)c1NS(=O)(=O)c1ccc(NCc2ccc(Cl)c(Cl)c2)nc1. The number of rotatable bonds is 6. The van der Waals surface area contributed by atoms with E-state index < -0.39 is 10.0 Å². The average Bonchev–Trinajstić information content (AvgIpc) is 2.89. The van der Waals surface area contributed by atoms with Gasteiger partial charge in [0.25, 0.3) is 10.0 Å². The van der Waals surface area contributed by atoms with Gasteiger partial charge in [-0.05, 0) is 43.7 Å². The second-order valence-corrected chi connectivity index (χ2v) is 8.75. The van der Waals surface area contributed by atoms with Crippen LogP contribution >= 0.6 is 23.2 Å². The Kier molecular flexibility index (Phi) is 5.83. The van der Waals surface area contributed by atoms with Crippen molar-refractivity contribution in [3.8, 4) is 0 Å². The van der Waals surface area contributed by atoms with Gasteiger partial charge in [0, 0.05) is 19.8 Å². The van der Waals surface area contributed by atoms with Gasteiger partial charge in [-0.3, -0.25) is 9.40 Å². The highest BCUT2D eigenvalue weighted by molar-refractivity contribution is 7.92. The Hall–Kier alpha value is -2.29. The van der Waals surface area contributed by atoms with E-state index >= 15 is 0 Å². The van der Waals surface area contributed by atoms with Crippen LogP contribution in [-0.4, -0.2) is 23.2 Å². The molecule has 0 radical (unpaired) electrons. The summed E-state index contributed by atoms with van der Waals surface area (Å²) in [6.07, 6.45) is 1.31. The van der Waals surface area contributed by atoms with Crippen LogP contribution in [0.25, 0.3) is 0 Å². The van der Waals surface area contributed by atoms with Crippen molar-refractivity contribution < 1.29 is 8.42 Å². The summed E-state index contributed by atoms with van der Waals surface area (Å²) in [5, 5.41) is 8.29. The van der Waals surface area contributed by atoms with E-state index in [1.54, 1.807) is 43.8 Å². The lowest BCUT2D eigenvalue weighted by atomic mass is 10.2. The van der Waals surface area contributed by atoms with Gasteiger partial charge in [-0.1, -0.05) is 29.3 Å². The van der Waals surface area contributed by atoms with Crippen molar-refractivity contribution in [2.24, 2.45) is 7.05 Å². The molecule has 0 aliphatic carbocycles. The first-order chi connectivity index (χ1) is 13.2. The molecule has 0 aliphatic heterocycles. The van der Waals surface area contributed by atoms with E-state index in [-0.39, 0.29) is 4.90 Å². The van der Waals surface area contributed by atoms with Gasteiger partial charge in [0.05, 0.1) is 27.1 Å². The number of hydrogen-bond donors (Lipinski definition) is 2. The summed E-state index contributed by atoms with van der Waals surface area (Å²) in [6.45, 7) is 4.02. The van der Waals surface area contributed by atoms with E-state index in [1.165, 1.54) is 12.3 Å². The van der Waals surface area contributed by atoms with Crippen LogP contribution < -0.4 is 10.0 Å². The molecule has 0 amide bonds. The minimum Gasteiger partial charge on any atom is -0.366 e. The normalized spacial score (nSPS) is 11.5. The molecule has 0 aliphatic rings. The predicted molar refractivity (Wildman–Crippen MR) is 112 cm³/mol. The van der Waals surface area contributed by atoms with Crippen molar-refractivity contribution in [3.05, 3.63) is 63.5 Å². The molecule has 7 nitrogen and oxygen atoms in total. The summed E-state index contributed by atoms with van der Waals surface area (Å²) in [6, 6.07) is 8.43. The quantitative estimate of drug-likeness (QED) is 0.601. The van der Waals surface area contributed by atoms with Gasteiger partial charge in [-0.25, -0.2) is 13.4 Å². The van der Waals surface area contributed by atoms with Crippen LogP contribution in [0.15, 0.2) is 41.4 Å². The van der Waals surface area contributed by atoms with E-state index in [9.17, 15) is 8.42 Å². The van der Waals surface area contributed by atoms with Gasteiger partial charge in [0.15, 0.2) is 0 Å². The summed E-state index contributed by atoms with van der Waals surface area (Å²) < 4.78 is 29.5. The Morgan fingerprint density at radius 1 is 1.11 bits per heavy atom. The van der Waals surface area contributed by atoms with Crippen molar-refractivity contribution in [1.29, 1.82) is 0 Å². The molecule has 28 heavy (non-hydrogen) atoms. The van der Waals surface area contributed by atoms with Gasteiger partial charge in [0.2, 0.25) is 0 Å². The monoisotopic (exact) mass is 439 g/mol. The average molecular weight is 440 g/mol. The Labute approximate surface area is 173 Å². The Morgan fingerprint density at radius 3 is 2.43 bits per heavy atom.